The van der Waals surface area contributed by atoms with E-state index in [4.69, 9.17) is 5.73 Å². The summed E-state index contributed by atoms with van der Waals surface area (Å²) in [5, 5.41) is 9.32. The Morgan fingerprint density at radius 3 is 2.61 bits per heavy atom. The Hall–Kier alpha value is -2.36. The summed E-state index contributed by atoms with van der Waals surface area (Å²) in [5.74, 6) is -1.46. The molecule has 0 aliphatic carbocycles. The number of hydrogen-bond donors (Lipinski definition) is 2. The molecule has 3 N–H and O–H groups in total. The van der Waals surface area contributed by atoms with Crippen LogP contribution in [0.3, 0.4) is 0 Å². The van der Waals surface area contributed by atoms with Gasteiger partial charge in [-0.05, 0) is 23.6 Å². The van der Waals surface area contributed by atoms with Crippen molar-refractivity contribution < 1.29 is 9.90 Å². The fourth-order valence-corrected chi connectivity index (χ4v) is 1.86. The Morgan fingerprint density at radius 2 is 2.00 bits per heavy atom. The highest BCUT2D eigenvalue weighted by atomic mass is 16.4. The first-order valence-electron chi connectivity index (χ1n) is 5.64. The lowest BCUT2D eigenvalue weighted by atomic mass is 9.92. The largest absolute Gasteiger partial charge is 0.481 e. The molecule has 1 aromatic carbocycles. The first-order valence-corrected chi connectivity index (χ1v) is 5.64. The van der Waals surface area contributed by atoms with Gasteiger partial charge in [-0.15, -0.1) is 0 Å². The minimum Gasteiger partial charge on any atom is -0.481 e. The van der Waals surface area contributed by atoms with Crippen molar-refractivity contribution in [2.75, 3.05) is 5.73 Å². The van der Waals surface area contributed by atoms with Gasteiger partial charge in [-0.1, -0.05) is 30.3 Å². The Kier molecular flexibility index (Phi) is 3.57. The summed E-state index contributed by atoms with van der Waals surface area (Å²) < 4.78 is 0. The van der Waals surface area contributed by atoms with Gasteiger partial charge in [0.15, 0.2) is 0 Å². The fraction of sp³-hybridized carbons (Fsp3) is 0.143. The number of anilines is 1. The van der Waals surface area contributed by atoms with E-state index in [0.29, 0.717) is 12.1 Å². The zero-order valence-electron chi connectivity index (χ0n) is 9.78. The minimum atomic E-state index is -0.857. The zero-order chi connectivity index (χ0) is 13.0. The average Bonchev–Trinajstić information content (AvgIpc) is 2.38. The van der Waals surface area contributed by atoms with Gasteiger partial charge < -0.3 is 10.8 Å². The number of nitrogen functional groups attached to an aromatic ring is 1. The van der Waals surface area contributed by atoms with Crippen molar-refractivity contribution in [3.63, 3.8) is 0 Å². The highest BCUT2D eigenvalue weighted by Crippen LogP contribution is 2.23. The number of carbonyl (C=O) groups is 1. The van der Waals surface area contributed by atoms with Crippen molar-refractivity contribution in [3.05, 3.63) is 59.9 Å². The molecule has 0 saturated heterocycles. The van der Waals surface area contributed by atoms with E-state index in [1.807, 2.05) is 30.3 Å². The van der Waals surface area contributed by atoms with Crippen LogP contribution < -0.4 is 5.73 Å². The summed E-state index contributed by atoms with van der Waals surface area (Å²) in [6.07, 6.45) is 3.56. The monoisotopic (exact) mass is 242 g/mol. The van der Waals surface area contributed by atoms with Gasteiger partial charge >= 0.3 is 5.97 Å². The first-order chi connectivity index (χ1) is 8.68. The van der Waals surface area contributed by atoms with E-state index >= 15 is 0 Å². The highest BCUT2D eigenvalue weighted by molar-refractivity contribution is 5.76. The van der Waals surface area contributed by atoms with Crippen LogP contribution in [0.2, 0.25) is 0 Å². The van der Waals surface area contributed by atoms with Crippen LogP contribution in [-0.4, -0.2) is 16.1 Å². The number of carboxylic acids is 1. The molecule has 1 aromatic heterocycles. The zero-order valence-corrected chi connectivity index (χ0v) is 9.78. The number of carboxylic acid groups (broad SMARTS) is 1. The second kappa shape index (κ2) is 5.31. The van der Waals surface area contributed by atoms with Crippen LogP contribution in [0.15, 0.2) is 48.8 Å². The highest BCUT2D eigenvalue weighted by Gasteiger charge is 2.20. The number of aromatic nitrogens is 1. The molecule has 1 unspecified atom stereocenters. The first kappa shape index (κ1) is 12.1. The van der Waals surface area contributed by atoms with E-state index in [1.165, 1.54) is 0 Å². The second-order valence-electron chi connectivity index (χ2n) is 4.08. The van der Waals surface area contributed by atoms with Crippen LogP contribution in [0.1, 0.15) is 17.0 Å². The van der Waals surface area contributed by atoms with E-state index in [0.717, 1.165) is 11.1 Å². The molecular weight excluding hydrogens is 228 g/mol. The molecule has 1 heterocycles. The van der Waals surface area contributed by atoms with Crippen molar-refractivity contribution >= 4 is 11.7 Å². The summed E-state index contributed by atoms with van der Waals surface area (Å²) in [5.41, 5.74) is 7.92. The molecule has 0 aliphatic rings. The number of aliphatic carboxylic acids is 1. The maximum Gasteiger partial charge on any atom is 0.311 e. The van der Waals surface area contributed by atoms with Crippen LogP contribution in [0, 0.1) is 0 Å². The van der Waals surface area contributed by atoms with Gasteiger partial charge in [0.05, 0.1) is 5.92 Å². The maximum absolute atomic E-state index is 11.4. The Labute approximate surface area is 105 Å². The van der Waals surface area contributed by atoms with Gasteiger partial charge in [0.2, 0.25) is 0 Å². The fourth-order valence-electron chi connectivity index (χ4n) is 1.86. The normalized spacial score (nSPS) is 12.0. The summed E-state index contributed by atoms with van der Waals surface area (Å²) in [4.78, 5) is 15.3. The smallest absolute Gasteiger partial charge is 0.311 e. The summed E-state index contributed by atoms with van der Waals surface area (Å²) in [6.45, 7) is 0. The summed E-state index contributed by atoms with van der Waals surface area (Å²) in [7, 11) is 0. The van der Waals surface area contributed by atoms with Crippen molar-refractivity contribution in [2.45, 2.75) is 12.3 Å². The van der Waals surface area contributed by atoms with Crippen LogP contribution >= 0.6 is 0 Å². The molecule has 2 aromatic rings. The van der Waals surface area contributed by atoms with Gasteiger partial charge in [-0.3, -0.25) is 9.78 Å². The van der Waals surface area contributed by atoms with Gasteiger partial charge in [-0.2, -0.15) is 0 Å². The predicted octanol–water partition coefficient (Wildman–Crippen LogP) is 2.07. The number of benzene rings is 1. The lowest BCUT2D eigenvalue weighted by molar-refractivity contribution is -0.138. The number of nitrogens with zero attached hydrogens (tertiary/aromatic N) is 1. The number of nitrogens with two attached hydrogens (primary N) is 1. The Balaban J connectivity index is 2.28. The van der Waals surface area contributed by atoms with Gasteiger partial charge in [0.1, 0.15) is 0 Å². The molecule has 4 nitrogen and oxygen atoms in total. The number of pyridine rings is 1. The molecular formula is C14H14N2O2. The van der Waals surface area contributed by atoms with E-state index in [9.17, 15) is 9.90 Å². The number of rotatable bonds is 4. The third kappa shape index (κ3) is 2.66. The molecule has 0 fully saturated rings. The minimum absolute atomic E-state index is 0.346. The van der Waals surface area contributed by atoms with E-state index < -0.39 is 11.9 Å². The van der Waals surface area contributed by atoms with Crippen molar-refractivity contribution in [1.29, 1.82) is 0 Å². The summed E-state index contributed by atoms with van der Waals surface area (Å²) >= 11 is 0. The molecule has 0 amide bonds. The average molecular weight is 242 g/mol. The number of hydrogen-bond acceptors (Lipinski definition) is 3. The van der Waals surface area contributed by atoms with E-state index in [-0.39, 0.29) is 0 Å². The molecule has 2 rings (SSSR count). The SMILES string of the molecule is Nc1ccncc1CC(C(=O)O)c1ccccc1. The van der Waals surface area contributed by atoms with Gasteiger partial charge in [0, 0.05) is 18.1 Å². The van der Waals surface area contributed by atoms with E-state index in [2.05, 4.69) is 4.98 Å². The third-order valence-electron chi connectivity index (χ3n) is 2.87. The maximum atomic E-state index is 11.4. The molecule has 0 saturated carbocycles. The quantitative estimate of drug-likeness (QED) is 0.860. The summed E-state index contributed by atoms with van der Waals surface area (Å²) in [6, 6.07) is 10.8. The molecule has 0 bridgehead atoms. The molecule has 0 aliphatic heterocycles. The standard InChI is InChI=1S/C14H14N2O2/c15-13-6-7-16-9-11(13)8-12(14(17)18)10-4-2-1-3-5-10/h1-7,9,12H,8H2,(H2,15,16)(H,17,18). The molecule has 4 heteroatoms. The molecule has 1 atom stereocenters. The lowest BCUT2D eigenvalue weighted by Crippen LogP contribution is -2.15. The predicted molar refractivity (Wildman–Crippen MR) is 69.2 cm³/mol. The molecule has 92 valence electrons. The Bertz CT molecular complexity index is 541. The van der Waals surface area contributed by atoms with Crippen LogP contribution in [0.5, 0.6) is 0 Å². The molecule has 0 radical (unpaired) electrons. The van der Waals surface area contributed by atoms with Gasteiger partial charge in [-0.25, -0.2) is 0 Å². The van der Waals surface area contributed by atoms with Crippen molar-refractivity contribution in [3.8, 4) is 0 Å². The lowest BCUT2D eigenvalue weighted by Gasteiger charge is -2.13. The molecule has 0 spiro atoms. The second-order valence-corrected chi connectivity index (χ2v) is 4.08. The van der Waals surface area contributed by atoms with Gasteiger partial charge in [0.25, 0.3) is 0 Å². The van der Waals surface area contributed by atoms with E-state index in [1.54, 1.807) is 18.5 Å². The Morgan fingerprint density at radius 1 is 1.28 bits per heavy atom. The van der Waals surface area contributed by atoms with Crippen LogP contribution in [0.25, 0.3) is 0 Å². The van der Waals surface area contributed by atoms with Crippen LogP contribution in [0.4, 0.5) is 5.69 Å². The van der Waals surface area contributed by atoms with Crippen LogP contribution in [-0.2, 0) is 11.2 Å². The molecule has 18 heavy (non-hydrogen) atoms. The van der Waals surface area contributed by atoms with Crippen molar-refractivity contribution in [2.24, 2.45) is 0 Å². The third-order valence-corrected chi connectivity index (χ3v) is 2.87. The van der Waals surface area contributed by atoms with Crippen molar-refractivity contribution in [1.82, 2.24) is 4.98 Å². The topological polar surface area (TPSA) is 76.2 Å².